The number of thioether (sulfide) groups is 1. The molecule has 0 saturated carbocycles. The van der Waals surface area contributed by atoms with Gasteiger partial charge in [-0.1, -0.05) is 36.9 Å². The molecule has 0 aliphatic carbocycles. The minimum absolute atomic E-state index is 0.395. The first-order valence-electron chi connectivity index (χ1n) is 9.33. The molecular formula is C21H22N4O2S. The van der Waals surface area contributed by atoms with Crippen LogP contribution < -0.4 is 14.8 Å². The van der Waals surface area contributed by atoms with Gasteiger partial charge < -0.3 is 14.8 Å². The molecule has 0 spiro atoms. The summed E-state index contributed by atoms with van der Waals surface area (Å²) in [4.78, 5) is 4.61. The van der Waals surface area contributed by atoms with Crippen molar-refractivity contribution in [1.29, 1.82) is 0 Å². The number of hydrogen-bond acceptors (Lipinski definition) is 7. The third kappa shape index (κ3) is 3.62. The van der Waals surface area contributed by atoms with Crippen LogP contribution in [0.25, 0.3) is 11.3 Å². The predicted molar refractivity (Wildman–Crippen MR) is 111 cm³/mol. The number of fused-ring (bicyclic) bond motifs is 3. The fraction of sp³-hybridized carbons (Fsp3) is 0.286. The smallest absolute Gasteiger partial charge is 0.247 e. The van der Waals surface area contributed by atoms with Crippen LogP contribution in [0.4, 0.5) is 5.69 Å². The number of para-hydroxylation sites is 1. The Kier molecular flexibility index (Phi) is 5.34. The third-order valence-electron chi connectivity index (χ3n) is 4.41. The lowest BCUT2D eigenvalue weighted by molar-refractivity contribution is 0.225. The van der Waals surface area contributed by atoms with E-state index in [-0.39, 0.29) is 0 Å². The van der Waals surface area contributed by atoms with E-state index in [4.69, 9.17) is 9.47 Å². The van der Waals surface area contributed by atoms with E-state index in [0.717, 1.165) is 33.9 Å². The van der Waals surface area contributed by atoms with Crippen LogP contribution in [0, 0.1) is 6.92 Å². The van der Waals surface area contributed by atoms with Gasteiger partial charge in [0, 0.05) is 16.8 Å². The number of aryl methyl sites for hydroxylation is 1. The summed E-state index contributed by atoms with van der Waals surface area (Å²) >= 11 is 1.54. The predicted octanol–water partition coefficient (Wildman–Crippen LogP) is 4.86. The zero-order valence-corrected chi connectivity index (χ0v) is 16.9. The molecule has 0 amide bonds. The molecule has 0 radical (unpaired) electrons. The number of hydrogen-bond donors (Lipinski definition) is 1. The topological polar surface area (TPSA) is 69.2 Å². The molecule has 1 aliphatic rings. The van der Waals surface area contributed by atoms with Crippen LogP contribution in [0.5, 0.6) is 11.6 Å². The molecule has 2 aromatic carbocycles. The number of rotatable bonds is 5. The van der Waals surface area contributed by atoms with Crippen LogP contribution in [-0.2, 0) is 0 Å². The Morgan fingerprint density at radius 3 is 2.79 bits per heavy atom. The molecule has 0 bridgehead atoms. The van der Waals surface area contributed by atoms with E-state index < -0.39 is 6.23 Å². The lowest BCUT2D eigenvalue weighted by atomic mass is 10.1. The van der Waals surface area contributed by atoms with Gasteiger partial charge >= 0.3 is 0 Å². The van der Waals surface area contributed by atoms with Crippen LogP contribution in [0.1, 0.15) is 31.2 Å². The molecule has 1 aliphatic heterocycles. The Balaban J connectivity index is 1.77. The lowest BCUT2D eigenvalue weighted by Crippen LogP contribution is -2.17. The standard InChI is InChI=1S/C21H22N4O2S/c1-4-26-17-11-10-14(12-13(17)3)19-22-16-9-7-6-8-15(16)18-20(27-19)23-21(25-24-18)28-5-2/h6-12,19,22H,4-5H2,1-3H3. The molecule has 28 heavy (non-hydrogen) atoms. The second-order valence-corrected chi connectivity index (χ2v) is 7.56. The van der Waals surface area contributed by atoms with E-state index in [1.807, 2.05) is 50.2 Å². The molecule has 1 aromatic heterocycles. The van der Waals surface area contributed by atoms with Crippen molar-refractivity contribution in [1.82, 2.24) is 15.2 Å². The summed E-state index contributed by atoms with van der Waals surface area (Å²) in [5.74, 6) is 2.24. The maximum Gasteiger partial charge on any atom is 0.247 e. The molecule has 1 N–H and O–H groups in total. The largest absolute Gasteiger partial charge is 0.494 e. The summed E-state index contributed by atoms with van der Waals surface area (Å²) in [5, 5.41) is 12.7. The van der Waals surface area contributed by atoms with Gasteiger partial charge in [0.2, 0.25) is 11.0 Å². The van der Waals surface area contributed by atoms with E-state index in [2.05, 4.69) is 33.5 Å². The van der Waals surface area contributed by atoms with E-state index in [9.17, 15) is 0 Å². The molecule has 4 rings (SSSR count). The maximum atomic E-state index is 6.29. The number of nitrogens with one attached hydrogen (secondary N) is 1. The van der Waals surface area contributed by atoms with Gasteiger partial charge in [0.05, 0.1) is 6.61 Å². The van der Waals surface area contributed by atoms with E-state index in [0.29, 0.717) is 23.3 Å². The van der Waals surface area contributed by atoms with Gasteiger partial charge in [0.1, 0.15) is 5.75 Å². The van der Waals surface area contributed by atoms with Crippen molar-refractivity contribution in [3.63, 3.8) is 0 Å². The second kappa shape index (κ2) is 8.06. The van der Waals surface area contributed by atoms with Gasteiger partial charge in [-0.05, 0) is 49.4 Å². The highest BCUT2D eigenvalue weighted by molar-refractivity contribution is 7.99. The number of aromatic nitrogens is 3. The highest BCUT2D eigenvalue weighted by Gasteiger charge is 2.26. The first kappa shape index (κ1) is 18.6. The molecule has 3 aromatic rings. The van der Waals surface area contributed by atoms with Gasteiger partial charge in [-0.2, -0.15) is 4.98 Å². The van der Waals surface area contributed by atoms with Crippen LogP contribution in [0.15, 0.2) is 47.6 Å². The highest BCUT2D eigenvalue weighted by atomic mass is 32.2. The first-order valence-corrected chi connectivity index (χ1v) is 10.3. The Hall–Kier alpha value is -2.80. The van der Waals surface area contributed by atoms with Gasteiger partial charge in [0.15, 0.2) is 11.9 Å². The molecule has 0 saturated heterocycles. The lowest BCUT2D eigenvalue weighted by Gasteiger charge is -2.20. The molecule has 2 heterocycles. The molecule has 144 valence electrons. The minimum Gasteiger partial charge on any atom is -0.494 e. The van der Waals surface area contributed by atoms with Crippen molar-refractivity contribution in [2.24, 2.45) is 0 Å². The molecular weight excluding hydrogens is 372 g/mol. The van der Waals surface area contributed by atoms with E-state index in [1.165, 1.54) is 0 Å². The summed E-state index contributed by atoms with van der Waals surface area (Å²) in [5.41, 5.74) is 4.56. The number of anilines is 1. The molecule has 7 heteroatoms. The summed E-state index contributed by atoms with van der Waals surface area (Å²) in [6, 6.07) is 14.0. The van der Waals surface area contributed by atoms with Crippen LogP contribution in [0.2, 0.25) is 0 Å². The van der Waals surface area contributed by atoms with Crippen molar-refractivity contribution in [3.05, 3.63) is 53.6 Å². The van der Waals surface area contributed by atoms with Gasteiger partial charge in [-0.15, -0.1) is 10.2 Å². The summed E-state index contributed by atoms with van der Waals surface area (Å²) < 4.78 is 12.0. The third-order valence-corrected chi connectivity index (χ3v) is 5.13. The van der Waals surface area contributed by atoms with Crippen LogP contribution in [-0.4, -0.2) is 27.5 Å². The SMILES string of the molecule is CCOc1ccc(C2Nc3ccccc3-c3nnc(SCC)nc3O2)cc1C. The van der Waals surface area contributed by atoms with Crippen molar-refractivity contribution in [2.75, 3.05) is 17.7 Å². The molecule has 1 unspecified atom stereocenters. The molecule has 0 fully saturated rings. The quantitative estimate of drug-likeness (QED) is 0.620. The van der Waals surface area contributed by atoms with Crippen molar-refractivity contribution in [3.8, 4) is 22.9 Å². The zero-order chi connectivity index (χ0) is 19.5. The fourth-order valence-corrected chi connectivity index (χ4v) is 3.65. The fourth-order valence-electron chi connectivity index (χ4n) is 3.14. The normalized spacial score (nSPS) is 14.9. The Morgan fingerprint density at radius 2 is 2.00 bits per heavy atom. The van der Waals surface area contributed by atoms with Gasteiger partial charge in [-0.25, -0.2) is 0 Å². The number of benzene rings is 2. The summed E-state index contributed by atoms with van der Waals surface area (Å²) in [6.07, 6.45) is -0.395. The van der Waals surface area contributed by atoms with Crippen molar-refractivity contribution in [2.45, 2.75) is 32.2 Å². The van der Waals surface area contributed by atoms with Gasteiger partial charge in [-0.3, -0.25) is 0 Å². The van der Waals surface area contributed by atoms with E-state index >= 15 is 0 Å². The Labute approximate surface area is 168 Å². The second-order valence-electron chi connectivity index (χ2n) is 6.33. The highest BCUT2D eigenvalue weighted by Crippen LogP contribution is 2.39. The maximum absolute atomic E-state index is 6.29. The summed E-state index contributed by atoms with van der Waals surface area (Å²) in [6.45, 7) is 6.71. The van der Waals surface area contributed by atoms with E-state index in [1.54, 1.807) is 11.8 Å². The number of ether oxygens (including phenoxy) is 2. The monoisotopic (exact) mass is 394 g/mol. The molecule has 1 atom stereocenters. The van der Waals surface area contributed by atoms with Crippen molar-refractivity contribution >= 4 is 17.4 Å². The van der Waals surface area contributed by atoms with Crippen LogP contribution >= 0.6 is 11.8 Å². The Morgan fingerprint density at radius 1 is 1.14 bits per heavy atom. The average Bonchev–Trinajstić information content (AvgIpc) is 2.86. The van der Waals surface area contributed by atoms with Crippen LogP contribution in [0.3, 0.4) is 0 Å². The zero-order valence-electron chi connectivity index (χ0n) is 16.1. The van der Waals surface area contributed by atoms with Crippen molar-refractivity contribution < 1.29 is 9.47 Å². The average molecular weight is 395 g/mol. The van der Waals surface area contributed by atoms with Gasteiger partial charge in [0.25, 0.3) is 0 Å². The Bertz CT molecular complexity index is 996. The minimum atomic E-state index is -0.395. The molecule has 6 nitrogen and oxygen atoms in total. The number of nitrogens with zero attached hydrogens (tertiary/aromatic N) is 3. The first-order chi connectivity index (χ1) is 13.7. The summed E-state index contributed by atoms with van der Waals surface area (Å²) in [7, 11) is 0.